The highest BCUT2D eigenvalue weighted by atomic mass is 28.4. The van der Waals surface area contributed by atoms with Crippen LogP contribution in [0.15, 0.2) is 82.5 Å². The smallest absolute Gasteiger partial charge is 0.330 e. The number of rotatable bonds is 9. The number of ether oxygens (including phenoxy) is 2. The zero-order chi connectivity index (χ0) is 27.5. The molecule has 5 atom stereocenters. The molecule has 38 heavy (non-hydrogen) atoms. The van der Waals surface area contributed by atoms with Crippen LogP contribution in [0.4, 0.5) is 0 Å². The van der Waals surface area contributed by atoms with Gasteiger partial charge in [0.05, 0.1) is 19.3 Å². The third kappa shape index (κ3) is 5.33. The standard InChI is InChI=1S/C28H36N2O7Si/c1-19(24-23(33)25(35-18-17-31)26(36-24)30-16-15-22(32)29-27(30)34)37-38(28(2,3)4,20-11-7-5-8-12-20)21-13-9-6-10-14-21/h5-16,19,23-26,31,33H,17-18H2,1-4H3,(H,29,32,34)/t19?,23-,24-,25-,26-/m1/s1. The van der Waals surface area contributed by atoms with Gasteiger partial charge in [-0.05, 0) is 22.3 Å². The van der Waals surface area contributed by atoms with Gasteiger partial charge in [0.15, 0.2) is 6.23 Å². The van der Waals surface area contributed by atoms with Crippen LogP contribution in [0.1, 0.15) is 33.9 Å². The number of nitrogens with one attached hydrogen (secondary N) is 1. The minimum atomic E-state index is -2.96. The molecule has 10 heteroatoms. The van der Waals surface area contributed by atoms with Crippen molar-refractivity contribution in [3.8, 4) is 0 Å². The molecule has 1 aliphatic rings. The third-order valence-corrected chi connectivity index (χ3v) is 12.2. The predicted molar refractivity (Wildman–Crippen MR) is 146 cm³/mol. The van der Waals surface area contributed by atoms with Crippen molar-refractivity contribution in [1.29, 1.82) is 0 Å². The fourth-order valence-corrected chi connectivity index (χ4v) is 10.0. The Kier molecular flexibility index (Phi) is 8.51. The van der Waals surface area contributed by atoms with Crippen molar-refractivity contribution >= 4 is 18.7 Å². The van der Waals surface area contributed by atoms with Gasteiger partial charge in [0, 0.05) is 12.3 Å². The second-order valence-electron chi connectivity index (χ2n) is 10.5. The fourth-order valence-electron chi connectivity index (χ4n) is 5.32. The molecule has 0 bridgehead atoms. The summed E-state index contributed by atoms with van der Waals surface area (Å²) in [6.07, 6.45) is -3.33. The molecule has 0 aliphatic carbocycles. The number of nitrogens with zero attached hydrogens (tertiary/aromatic N) is 1. The van der Waals surface area contributed by atoms with Crippen LogP contribution >= 0.6 is 0 Å². The Labute approximate surface area is 222 Å². The van der Waals surface area contributed by atoms with Gasteiger partial charge in [-0.3, -0.25) is 14.3 Å². The number of aliphatic hydroxyl groups is 2. The SMILES string of the molecule is CC(O[Si](c1ccccc1)(c1ccccc1)C(C)(C)C)[C@H]1O[C@@H](n2ccc(=O)[nH]c2=O)[C@H](OCCO)[C@@H]1O. The molecule has 1 aliphatic heterocycles. The molecule has 4 rings (SSSR count). The van der Waals surface area contributed by atoms with Crippen LogP contribution in [0.25, 0.3) is 0 Å². The molecule has 1 unspecified atom stereocenters. The van der Waals surface area contributed by atoms with Gasteiger partial charge in [0.25, 0.3) is 13.9 Å². The molecular weight excluding hydrogens is 504 g/mol. The van der Waals surface area contributed by atoms with Gasteiger partial charge in [-0.15, -0.1) is 0 Å². The van der Waals surface area contributed by atoms with Crippen LogP contribution < -0.4 is 21.6 Å². The normalized spacial score (nSPS) is 22.9. The molecule has 3 N–H and O–H groups in total. The average molecular weight is 541 g/mol. The van der Waals surface area contributed by atoms with Crippen molar-refractivity contribution in [3.63, 3.8) is 0 Å². The summed E-state index contributed by atoms with van der Waals surface area (Å²) in [5, 5.41) is 22.6. The van der Waals surface area contributed by atoms with Crippen molar-refractivity contribution in [2.75, 3.05) is 13.2 Å². The summed E-state index contributed by atoms with van der Waals surface area (Å²) in [6, 6.07) is 21.5. The van der Waals surface area contributed by atoms with E-state index in [4.69, 9.17) is 13.9 Å². The van der Waals surface area contributed by atoms with E-state index in [0.29, 0.717) is 0 Å². The van der Waals surface area contributed by atoms with Crippen molar-refractivity contribution < 1.29 is 24.1 Å². The van der Waals surface area contributed by atoms with E-state index in [0.717, 1.165) is 10.4 Å². The van der Waals surface area contributed by atoms with Crippen LogP contribution in [-0.4, -0.2) is 65.7 Å². The van der Waals surface area contributed by atoms with Gasteiger partial charge in [-0.25, -0.2) is 4.79 Å². The minimum Gasteiger partial charge on any atom is -0.402 e. The van der Waals surface area contributed by atoms with Crippen LogP contribution in [-0.2, 0) is 13.9 Å². The summed E-state index contributed by atoms with van der Waals surface area (Å²) in [6.45, 7) is 8.01. The summed E-state index contributed by atoms with van der Waals surface area (Å²) in [5.41, 5.74) is -1.23. The Bertz CT molecular complexity index is 1270. The van der Waals surface area contributed by atoms with Gasteiger partial charge in [-0.1, -0.05) is 81.4 Å². The first-order valence-corrected chi connectivity index (χ1v) is 14.7. The van der Waals surface area contributed by atoms with Crippen molar-refractivity contribution in [1.82, 2.24) is 9.55 Å². The molecule has 3 aromatic rings. The van der Waals surface area contributed by atoms with E-state index in [-0.39, 0.29) is 18.3 Å². The lowest BCUT2D eigenvalue weighted by Crippen LogP contribution is -2.68. The first-order valence-electron chi connectivity index (χ1n) is 12.8. The van der Waals surface area contributed by atoms with E-state index in [1.807, 2.05) is 43.3 Å². The number of aromatic nitrogens is 2. The van der Waals surface area contributed by atoms with Crippen molar-refractivity contribution in [2.45, 2.75) is 63.4 Å². The molecule has 2 heterocycles. The van der Waals surface area contributed by atoms with Crippen LogP contribution in [0.2, 0.25) is 5.04 Å². The predicted octanol–water partition coefficient (Wildman–Crippen LogP) is 1.14. The number of H-pyrrole nitrogens is 1. The maximum Gasteiger partial charge on any atom is 0.330 e. The highest BCUT2D eigenvalue weighted by Gasteiger charge is 2.55. The molecule has 0 radical (unpaired) electrons. The van der Waals surface area contributed by atoms with E-state index < -0.39 is 50.2 Å². The highest BCUT2D eigenvalue weighted by molar-refractivity contribution is 6.99. The first-order chi connectivity index (χ1) is 18.1. The number of aromatic amines is 1. The van der Waals surface area contributed by atoms with E-state index in [1.54, 1.807) is 0 Å². The van der Waals surface area contributed by atoms with E-state index in [1.165, 1.54) is 16.8 Å². The van der Waals surface area contributed by atoms with Gasteiger partial charge in [0.1, 0.15) is 18.3 Å². The quantitative estimate of drug-likeness (QED) is 0.348. The monoisotopic (exact) mass is 540 g/mol. The average Bonchev–Trinajstić information content (AvgIpc) is 3.22. The van der Waals surface area contributed by atoms with E-state index in [9.17, 15) is 19.8 Å². The molecule has 204 valence electrons. The van der Waals surface area contributed by atoms with E-state index >= 15 is 0 Å². The fraction of sp³-hybridized carbons (Fsp3) is 0.429. The van der Waals surface area contributed by atoms with Crippen molar-refractivity contribution in [3.05, 3.63) is 93.8 Å². The van der Waals surface area contributed by atoms with Crippen LogP contribution in [0, 0.1) is 0 Å². The van der Waals surface area contributed by atoms with E-state index in [2.05, 4.69) is 50.0 Å². The Morgan fingerprint density at radius 2 is 1.61 bits per heavy atom. The molecule has 1 fully saturated rings. The first kappa shape index (κ1) is 28.2. The Morgan fingerprint density at radius 3 is 2.11 bits per heavy atom. The summed E-state index contributed by atoms with van der Waals surface area (Å²) in [5.74, 6) is 0. The van der Waals surface area contributed by atoms with Crippen molar-refractivity contribution in [2.24, 2.45) is 0 Å². The largest absolute Gasteiger partial charge is 0.402 e. The zero-order valence-corrected chi connectivity index (χ0v) is 23.1. The lowest BCUT2D eigenvalue weighted by atomic mass is 10.1. The maximum absolute atomic E-state index is 12.6. The number of hydrogen-bond donors (Lipinski definition) is 3. The molecule has 0 spiro atoms. The van der Waals surface area contributed by atoms with Crippen LogP contribution in [0.5, 0.6) is 0 Å². The van der Waals surface area contributed by atoms with Gasteiger partial charge >= 0.3 is 5.69 Å². The topological polar surface area (TPSA) is 123 Å². The Hall–Kier alpha value is -2.86. The summed E-state index contributed by atoms with van der Waals surface area (Å²) in [7, 11) is -2.96. The zero-order valence-electron chi connectivity index (χ0n) is 22.1. The second kappa shape index (κ2) is 11.5. The number of benzene rings is 2. The van der Waals surface area contributed by atoms with Gasteiger partial charge in [-0.2, -0.15) is 0 Å². The maximum atomic E-state index is 12.6. The third-order valence-electron chi connectivity index (χ3n) is 7.02. The Balaban J connectivity index is 1.76. The molecule has 1 aromatic heterocycles. The summed E-state index contributed by atoms with van der Waals surface area (Å²) < 4.78 is 20.3. The Morgan fingerprint density at radius 1 is 1.03 bits per heavy atom. The number of hydrogen-bond acceptors (Lipinski definition) is 7. The lowest BCUT2D eigenvalue weighted by molar-refractivity contribution is -0.0867. The second-order valence-corrected chi connectivity index (χ2v) is 14.8. The highest BCUT2D eigenvalue weighted by Crippen LogP contribution is 2.40. The van der Waals surface area contributed by atoms with Crippen LogP contribution in [0.3, 0.4) is 0 Å². The summed E-state index contributed by atoms with van der Waals surface area (Å²) >= 11 is 0. The molecular formula is C28H36N2O7Si. The summed E-state index contributed by atoms with van der Waals surface area (Å²) in [4.78, 5) is 26.4. The van der Waals surface area contributed by atoms with Gasteiger partial charge < -0.3 is 24.1 Å². The molecule has 0 saturated carbocycles. The lowest BCUT2D eigenvalue weighted by Gasteiger charge is -2.45. The molecule has 9 nitrogen and oxygen atoms in total. The molecule has 2 aromatic carbocycles. The van der Waals surface area contributed by atoms with Gasteiger partial charge in [0.2, 0.25) is 0 Å². The minimum absolute atomic E-state index is 0.0592. The molecule has 1 saturated heterocycles. The molecule has 0 amide bonds. The number of aliphatic hydroxyl groups excluding tert-OH is 2.